The largest absolute Gasteiger partial charge is 0.265 e. The van der Waals surface area contributed by atoms with Crippen LogP contribution in [0.4, 0.5) is 5.69 Å². The number of hydrogen-bond donors (Lipinski definition) is 0. The van der Waals surface area contributed by atoms with Gasteiger partial charge in [-0.3, -0.25) is 4.98 Å². The predicted molar refractivity (Wildman–Crippen MR) is 33.3 cm³/mol. The molecule has 0 fully saturated rings. The van der Waals surface area contributed by atoms with E-state index in [2.05, 4.69) is 4.98 Å². The molecule has 1 aromatic rings. The maximum absolute atomic E-state index is 10.5. The van der Waals surface area contributed by atoms with Gasteiger partial charge in [-0.15, -0.1) is 0 Å². The van der Waals surface area contributed by atoms with E-state index in [-0.39, 0.29) is 0 Å². The molecule has 0 bridgehead atoms. The molecule has 0 aliphatic rings. The van der Waals surface area contributed by atoms with Gasteiger partial charge in [0.2, 0.25) is 0 Å². The molecule has 0 atom stereocenters. The number of pyridine rings is 1. The summed E-state index contributed by atoms with van der Waals surface area (Å²) in [6, 6.07) is 3.32. The maximum Gasteiger partial charge on any atom is 0.0694 e. The maximum atomic E-state index is 10.5. The Hall–Kier alpha value is -1.09. The number of hydroxylamine groups is 1. The third kappa shape index (κ3) is 1.40. The molecule has 0 amide bonds. The van der Waals surface area contributed by atoms with Crippen LogP contribution in [0.5, 0.6) is 0 Å². The number of hydrogen-bond acceptors (Lipinski definition) is 2. The van der Waals surface area contributed by atoms with Gasteiger partial charge in [-0.1, -0.05) is 5.21 Å². The monoisotopic (exact) mass is 123 g/mol. The second-order valence-corrected chi connectivity index (χ2v) is 1.70. The predicted octanol–water partition coefficient (Wildman–Crippen LogP) is 0.863. The number of nitrogens with zero attached hydrogens (tertiary/aromatic N) is 2. The summed E-state index contributed by atoms with van der Waals surface area (Å²) in [5.41, 5.74) is 0.630. The highest BCUT2D eigenvalue weighted by atomic mass is 16.5. The number of rotatable bonds is 1. The summed E-state index contributed by atoms with van der Waals surface area (Å²) in [7, 11) is 1.45. The molecule has 1 rings (SSSR count). The summed E-state index contributed by atoms with van der Waals surface area (Å²) in [6.45, 7) is 0. The Kier molecular flexibility index (Phi) is 1.65. The molecule has 0 unspecified atom stereocenters. The zero-order valence-electron chi connectivity index (χ0n) is 5.11. The fourth-order valence-electron chi connectivity index (χ4n) is 0.554. The summed E-state index contributed by atoms with van der Waals surface area (Å²) in [5, 5.41) is 11.3. The molecular formula is C6H7N2O. The molecule has 0 saturated heterocycles. The minimum Gasteiger partial charge on any atom is -0.265 e. The van der Waals surface area contributed by atoms with E-state index in [4.69, 9.17) is 0 Å². The SMILES string of the molecule is CN([O])c1ccncc1. The van der Waals surface area contributed by atoms with Gasteiger partial charge in [-0.05, 0) is 12.1 Å². The van der Waals surface area contributed by atoms with Gasteiger partial charge in [0.15, 0.2) is 0 Å². The van der Waals surface area contributed by atoms with Gasteiger partial charge >= 0.3 is 0 Å². The van der Waals surface area contributed by atoms with Crippen molar-refractivity contribution in [2.45, 2.75) is 0 Å². The molecule has 1 aromatic heterocycles. The van der Waals surface area contributed by atoms with E-state index in [1.165, 1.54) is 7.05 Å². The van der Waals surface area contributed by atoms with Crippen molar-refractivity contribution in [3.63, 3.8) is 0 Å². The summed E-state index contributed by atoms with van der Waals surface area (Å²) in [6.07, 6.45) is 3.17. The lowest BCUT2D eigenvalue weighted by Crippen LogP contribution is -2.06. The molecule has 0 aromatic carbocycles. The van der Waals surface area contributed by atoms with Crippen molar-refractivity contribution in [2.24, 2.45) is 0 Å². The van der Waals surface area contributed by atoms with Crippen LogP contribution in [0.1, 0.15) is 0 Å². The van der Waals surface area contributed by atoms with Crippen LogP contribution in [-0.2, 0) is 5.21 Å². The molecule has 0 saturated carbocycles. The van der Waals surface area contributed by atoms with Gasteiger partial charge in [-0.25, -0.2) is 5.06 Å². The van der Waals surface area contributed by atoms with Crippen molar-refractivity contribution in [1.29, 1.82) is 0 Å². The smallest absolute Gasteiger partial charge is 0.0694 e. The fourth-order valence-corrected chi connectivity index (χ4v) is 0.554. The average Bonchev–Trinajstić information content (AvgIpc) is 1.90. The average molecular weight is 123 g/mol. The van der Waals surface area contributed by atoms with E-state index in [1.807, 2.05) is 0 Å². The van der Waals surface area contributed by atoms with E-state index >= 15 is 0 Å². The van der Waals surface area contributed by atoms with Crippen LogP contribution in [0.2, 0.25) is 0 Å². The van der Waals surface area contributed by atoms with Crippen LogP contribution in [0.15, 0.2) is 24.5 Å². The highest BCUT2D eigenvalue weighted by Crippen LogP contribution is 2.05. The lowest BCUT2D eigenvalue weighted by Gasteiger charge is -2.04. The van der Waals surface area contributed by atoms with Gasteiger partial charge in [0, 0.05) is 19.4 Å². The first kappa shape index (κ1) is 6.04. The van der Waals surface area contributed by atoms with Gasteiger partial charge in [0.25, 0.3) is 0 Å². The minimum absolute atomic E-state index is 0.630. The van der Waals surface area contributed by atoms with Gasteiger partial charge in [0.1, 0.15) is 0 Å². The molecule has 3 nitrogen and oxygen atoms in total. The number of anilines is 1. The molecular weight excluding hydrogens is 116 g/mol. The lowest BCUT2D eigenvalue weighted by molar-refractivity contribution is 0.177. The van der Waals surface area contributed by atoms with Gasteiger partial charge < -0.3 is 0 Å². The van der Waals surface area contributed by atoms with E-state index in [0.717, 1.165) is 5.06 Å². The van der Waals surface area contributed by atoms with Crippen LogP contribution < -0.4 is 5.06 Å². The Morgan fingerprint density at radius 1 is 1.44 bits per heavy atom. The standard InChI is InChI=1S/C6H7N2O/c1-8(9)6-2-4-7-5-3-6/h2-5H,1H3. The minimum atomic E-state index is 0.630. The normalized spacial score (nSPS) is 9.11. The quantitative estimate of drug-likeness (QED) is 0.519. The third-order valence-electron chi connectivity index (χ3n) is 1.03. The number of aromatic nitrogens is 1. The first-order chi connectivity index (χ1) is 4.30. The fraction of sp³-hybridized carbons (Fsp3) is 0.167. The van der Waals surface area contributed by atoms with Crippen molar-refractivity contribution in [3.05, 3.63) is 24.5 Å². The van der Waals surface area contributed by atoms with Crippen molar-refractivity contribution < 1.29 is 5.21 Å². The molecule has 0 spiro atoms. The Morgan fingerprint density at radius 2 is 2.00 bits per heavy atom. The first-order valence-corrected chi connectivity index (χ1v) is 2.61. The Labute approximate surface area is 53.5 Å². The highest BCUT2D eigenvalue weighted by Gasteiger charge is 1.92. The van der Waals surface area contributed by atoms with Crippen molar-refractivity contribution >= 4 is 5.69 Å². The second kappa shape index (κ2) is 2.46. The van der Waals surface area contributed by atoms with E-state index in [1.54, 1.807) is 24.5 Å². The van der Waals surface area contributed by atoms with Crippen LogP contribution in [-0.4, -0.2) is 12.0 Å². The molecule has 9 heavy (non-hydrogen) atoms. The molecule has 47 valence electrons. The Morgan fingerprint density at radius 3 is 2.33 bits per heavy atom. The molecule has 1 radical (unpaired) electrons. The van der Waals surface area contributed by atoms with Crippen molar-refractivity contribution in [2.75, 3.05) is 12.1 Å². The van der Waals surface area contributed by atoms with Gasteiger partial charge in [-0.2, -0.15) is 0 Å². The molecule has 1 heterocycles. The first-order valence-electron chi connectivity index (χ1n) is 2.61. The zero-order valence-corrected chi connectivity index (χ0v) is 5.11. The summed E-state index contributed by atoms with van der Waals surface area (Å²) in [5.74, 6) is 0. The Balaban J connectivity index is 2.85. The topological polar surface area (TPSA) is 36.0 Å². The van der Waals surface area contributed by atoms with Crippen molar-refractivity contribution in [1.82, 2.24) is 4.98 Å². The molecule has 0 aliphatic carbocycles. The summed E-state index contributed by atoms with van der Waals surface area (Å²) < 4.78 is 0. The molecule has 0 aliphatic heterocycles. The second-order valence-electron chi connectivity index (χ2n) is 1.70. The summed E-state index contributed by atoms with van der Waals surface area (Å²) in [4.78, 5) is 3.76. The Bertz CT molecular complexity index is 174. The van der Waals surface area contributed by atoms with Crippen LogP contribution >= 0.6 is 0 Å². The van der Waals surface area contributed by atoms with E-state index in [0.29, 0.717) is 5.69 Å². The highest BCUT2D eigenvalue weighted by molar-refractivity contribution is 5.39. The zero-order chi connectivity index (χ0) is 6.69. The van der Waals surface area contributed by atoms with Crippen LogP contribution in [0, 0.1) is 0 Å². The van der Waals surface area contributed by atoms with Gasteiger partial charge in [0.05, 0.1) is 5.69 Å². The molecule has 0 N–H and O–H groups in total. The van der Waals surface area contributed by atoms with E-state index in [9.17, 15) is 5.21 Å². The van der Waals surface area contributed by atoms with E-state index < -0.39 is 0 Å². The molecule has 3 heteroatoms. The lowest BCUT2D eigenvalue weighted by atomic mass is 10.4. The van der Waals surface area contributed by atoms with Crippen LogP contribution in [0.3, 0.4) is 0 Å². The summed E-state index contributed by atoms with van der Waals surface area (Å²) >= 11 is 0. The third-order valence-corrected chi connectivity index (χ3v) is 1.03. The van der Waals surface area contributed by atoms with Crippen LogP contribution in [0.25, 0.3) is 0 Å². The van der Waals surface area contributed by atoms with Crippen molar-refractivity contribution in [3.8, 4) is 0 Å².